The summed E-state index contributed by atoms with van der Waals surface area (Å²) in [7, 11) is 0. The number of carbonyl (C=O) groups is 3. The fourth-order valence-electron chi connectivity index (χ4n) is 3.53. The van der Waals surface area contributed by atoms with Gasteiger partial charge in [0, 0.05) is 34.1 Å². The Hall–Kier alpha value is -3.88. The van der Waals surface area contributed by atoms with Gasteiger partial charge in [-0.2, -0.15) is 0 Å². The van der Waals surface area contributed by atoms with Crippen molar-refractivity contribution in [1.29, 1.82) is 0 Å². The molecule has 4 rings (SSSR count). The van der Waals surface area contributed by atoms with Crippen molar-refractivity contribution < 1.29 is 23.9 Å². The number of benzene rings is 2. The van der Waals surface area contributed by atoms with Crippen molar-refractivity contribution in [3.05, 3.63) is 91.9 Å². The van der Waals surface area contributed by atoms with E-state index in [1.54, 1.807) is 36.4 Å². The Morgan fingerprint density at radius 1 is 1.09 bits per heavy atom. The lowest BCUT2D eigenvalue weighted by atomic mass is 10.0. The topological polar surface area (TPSA) is 129 Å². The van der Waals surface area contributed by atoms with E-state index in [1.165, 1.54) is 19.1 Å². The van der Waals surface area contributed by atoms with Crippen LogP contribution in [0.15, 0.2) is 63.9 Å². The molecule has 2 aromatic heterocycles. The van der Waals surface area contributed by atoms with E-state index in [1.807, 2.05) is 0 Å². The second kappa shape index (κ2) is 9.77. The van der Waals surface area contributed by atoms with Gasteiger partial charge in [0.25, 0.3) is 5.91 Å². The summed E-state index contributed by atoms with van der Waals surface area (Å²) in [5.74, 6) is -1.85. The van der Waals surface area contributed by atoms with Crippen LogP contribution in [0.1, 0.15) is 33.4 Å². The summed E-state index contributed by atoms with van der Waals surface area (Å²) in [5, 5.41) is 12.7. The van der Waals surface area contributed by atoms with Crippen LogP contribution in [0.25, 0.3) is 22.2 Å². The van der Waals surface area contributed by atoms with Crippen molar-refractivity contribution >= 4 is 51.8 Å². The van der Waals surface area contributed by atoms with Crippen LogP contribution in [0.5, 0.6) is 0 Å². The summed E-state index contributed by atoms with van der Waals surface area (Å²) in [6, 6.07) is 11.8. The molecule has 0 radical (unpaired) electrons. The average molecular weight is 513 g/mol. The van der Waals surface area contributed by atoms with Gasteiger partial charge in [-0.3, -0.25) is 14.4 Å². The number of amides is 1. The summed E-state index contributed by atoms with van der Waals surface area (Å²) < 4.78 is 5.61. The molecule has 0 spiro atoms. The van der Waals surface area contributed by atoms with Crippen LogP contribution in [0.4, 0.5) is 0 Å². The molecule has 0 aliphatic rings. The number of halogens is 2. The normalized spacial score (nSPS) is 11.9. The number of H-pyrrole nitrogens is 1. The zero-order valence-corrected chi connectivity index (χ0v) is 19.7. The Morgan fingerprint density at radius 3 is 2.57 bits per heavy atom. The molecule has 1 atom stereocenters. The van der Waals surface area contributed by atoms with Crippen LogP contribution in [0.3, 0.4) is 0 Å². The van der Waals surface area contributed by atoms with Crippen molar-refractivity contribution in [1.82, 2.24) is 10.3 Å². The Kier molecular flexibility index (Phi) is 6.77. The number of aromatic amines is 1. The number of carboxylic acid groups (broad SMARTS) is 1. The third-order valence-corrected chi connectivity index (χ3v) is 5.96. The summed E-state index contributed by atoms with van der Waals surface area (Å²) in [4.78, 5) is 51.7. The molecule has 3 N–H and O–H groups in total. The number of nitrogens with one attached hydrogen (secondary N) is 2. The number of Topliss-reactive ketones (excluding diaryl/α,β-unsaturated/α-hetero) is 1. The van der Waals surface area contributed by atoms with Crippen LogP contribution >= 0.6 is 23.2 Å². The molecule has 8 nitrogen and oxygen atoms in total. The number of carbonyl (C=O) groups excluding carboxylic acids is 2. The van der Waals surface area contributed by atoms with E-state index in [0.29, 0.717) is 32.4 Å². The number of pyridine rings is 1. The molecule has 4 aromatic rings. The monoisotopic (exact) mass is 512 g/mol. The molecule has 0 aliphatic carbocycles. The average Bonchev–Trinajstić information content (AvgIpc) is 3.29. The van der Waals surface area contributed by atoms with Gasteiger partial charge >= 0.3 is 5.97 Å². The van der Waals surface area contributed by atoms with Crippen LogP contribution in [0.2, 0.25) is 10.0 Å². The Labute approximate surface area is 208 Å². The molecular formula is C25H18Cl2N2O6. The first kappa shape index (κ1) is 24.3. The Morgan fingerprint density at radius 2 is 1.86 bits per heavy atom. The maximum atomic E-state index is 12.7. The first-order valence-electron chi connectivity index (χ1n) is 10.4. The van der Waals surface area contributed by atoms with Gasteiger partial charge in [0.2, 0.25) is 5.43 Å². The fourth-order valence-corrected chi connectivity index (χ4v) is 4.03. The van der Waals surface area contributed by atoms with E-state index >= 15 is 0 Å². The van der Waals surface area contributed by atoms with E-state index in [-0.39, 0.29) is 28.9 Å². The van der Waals surface area contributed by atoms with Gasteiger partial charge in [-0.05, 0) is 55.0 Å². The van der Waals surface area contributed by atoms with E-state index in [0.717, 1.165) is 6.20 Å². The number of aromatic nitrogens is 1. The standard InChI is InChI=1S/C25H18Cl2N2O6/c1-12(29-24(32)22-7-6-21(35-22)15-4-3-14(26)10-18(15)27)20(30)9-13-2-5-19-16(8-13)23(31)17(11-28-19)25(33)34/h2-8,10-12H,9H2,1H3,(H,28,31)(H,29,32)(H,33,34)/t12-/m0/s1. The molecule has 2 aromatic carbocycles. The molecule has 0 unspecified atom stereocenters. The SMILES string of the molecule is C[C@H](NC(=O)c1ccc(-c2ccc(Cl)cc2Cl)o1)C(=O)Cc1ccc2[nH]cc(C(=O)O)c(=O)c2c1. The van der Waals surface area contributed by atoms with E-state index in [9.17, 15) is 19.2 Å². The highest BCUT2D eigenvalue weighted by atomic mass is 35.5. The predicted octanol–water partition coefficient (Wildman–Crippen LogP) is 4.72. The number of fused-ring (bicyclic) bond motifs is 1. The van der Waals surface area contributed by atoms with Gasteiger partial charge in [0.15, 0.2) is 11.5 Å². The highest BCUT2D eigenvalue weighted by Gasteiger charge is 2.21. The van der Waals surface area contributed by atoms with Gasteiger partial charge in [0.05, 0.1) is 11.1 Å². The molecule has 10 heteroatoms. The third kappa shape index (κ3) is 5.13. The molecule has 0 saturated heterocycles. The van der Waals surface area contributed by atoms with Crippen LogP contribution in [-0.2, 0) is 11.2 Å². The summed E-state index contributed by atoms with van der Waals surface area (Å²) in [5.41, 5.74) is 0.494. The summed E-state index contributed by atoms with van der Waals surface area (Å²) in [6.45, 7) is 1.54. The predicted molar refractivity (Wildman–Crippen MR) is 131 cm³/mol. The smallest absolute Gasteiger partial charge is 0.341 e. The summed E-state index contributed by atoms with van der Waals surface area (Å²) >= 11 is 12.1. The fraction of sp³-hybridized carbons (Fsp3) is 0.120. The van der Waals surface area contributed by atoms with Crippen LogP contribution in [-0.4, -0.2) is 33.8 Å². The molecule has 0 fully saturated rings. The number of rotatable bonds is 7. The molecular weight excluding hydrogens is 495 g/mol. The molecule has 1 amide bonds. The highest BCUT2D eigenvalue weighted by molar-refractivity contribution is 6.36. The zero-order chi connectivity index (χ0) is 25.3. The number of hydrogen-bond acceptors (Lipinski definition) is 5. The highest BCUT2D eigenvalue weighted by Crippen LogP contribution is 2.31. The quantitative estimate of drug-likeness (QED) is 0.328. The molecule has 0 saturated carbocycles. The van der Waals surface area contributed by atoms with Crippen molar-refractivity contribution in [2.24, 2.45) is 0 Å². The molecule has 35 heavy (non-hydrogen) atoms. The van der Waals surface area contributed by atoms with Crippen LogP contribution < -0.4 is 10.7 Å². The van der Waals surface area contributed by atoms with Crippen molar-refractivity contribution in [2.45, 2.75) is 19.4 Å². The van der Waals surface area contributed by atoms with E-state index in [4.69, 9.17) is 32.7 Å². The molecule has 178 valence electrons. The maximum absolute atomic E-state index is 12.7. The minimum absolute atomic E-state index is 0.00380. The van der Waals surface area contributed by atoms with Gasteiger partial charge in [0.1, 0.15) is 11.3 Å². The molecule has 0 aliphatic heterocycles. The number of aromatic carboxylic acids is 1. The van der Waals surface area contributed by atoms with Gasteiger partial charge in [-0.25, -0.2) is 4.79 Å². The minimum atomic E-state index is -1.34. The minimum Gasteiger partial charge on any atom is -0.477 e. The number of furan rings is 1. The number of carboxylic acids is 1. The first-order valence-corrected chi connectivity index (χ1v) is 11.2. The first-order chi connectivity index (χ1) is 16.6. The van der Waals surface area contributed by atoms with Gasteiger partial charge in [-0.1, -0.05) is 29.3 Å². The largest absolute Gasteiger partial charge is 0.477 e. The van der Waals surface area contributed by atoms with Crippen LogP contribution in [0, 0.1) is 0 Å². The van der Waals surface area contributed by atoms with Gasteiger partial charge < -0.3 is 19.8 Å². The second-order valence-electron chi connectivity index (χ2n) is 7.84. The van der Waals surface area contributed by atoms with Crippen molar-refractivity contribution in [2.75, 3.05) is 0 Å². The Bertz CT molecular complexity index is 1540. The number of hydrogen-bond donors (Lipinski definition) is 3. The second-order valence-corrected chi connectivity index (χ2v) is 8.69. The van der Waals surface area contributed by atoms with Crippen molar-refractivity contribution in [3.8, 4) is 11.3 Å². The van der Waals surface area contributed by atoms with E-state index in [2.05, 4.69) is 10.3 Å². The molecule has 2 heterocycles. The Balaban J connectivity index is 1.46. The van der Waals surface area contributed by atoms with E-state index < -0.39 is 23.3 Å². The lowest BCUT2D eigenvalue weighted by Gasteiger charge is -2.12. The number of ketones is 1. The summed E-state index contributed by atoms with van der Waals surface area (Å²) in [6.07, 6.45) is 1.06. The van der Waals surface area contributed by atoms with Crippen molar-refractivity contribution in [3.63, 3.8) is 0 Å². The molecule has 0 bridgehead atoms. The third-order valence-electron chi connectivity index (χ3n) is 5.41. The lowest BCUT2D eigenvalue weighted by molar-refractivity contribution is -0.119. The van der Waals surface area contributed by atoms with Gasteiger partial charge in [-0.15, -0.1) is 0 Å². The zero-order valence-electron chi connectivity index (χ0n) is 18.2. The maximum Gasteiger partial charge on any atom is 0.341 e. The lowest BCUT2D eigenvalue weighted by Crippen LogP contribution is -2.39.